The van der Waals surface area contributed by atoms with Gasteiger partial charge in [0.1, 0.15) is 0 Å². The van der Waals surface area contributed by atoms with Crippen molar-refractivity contribution in [1.29, 1.82) is 0 Å². The summed E-state index contributed by atoms with van der Waals surface area (Å²) in [4.78, 5) is 12.5. The molecule has 1 aromatic carbocycles. The maximum atomic E-state index is 12.5. The zero-order chi connectivity index (χ0) is 15.5. The van der Waals surface area contributed by atoms with Crippen LogP contribution in [0.3, 0.4) is 0 Å². The Balaban J connectivity index is 1.82. The fourth-order valence-corrected chi connectivity index (χ4v) is 3.49. The Hall–Kier alpha value is -1.83. The molecule has 2 aliphatic rings. The van der Waals surface area contributed by atoms with Gasteiger partial charge in [-0.05, 0) is 44.3 Å². The van der Waals surface area contributed by atoms with Gasteiger partial charge in [0, 0.05) is 17.5 Å². The lowest BCUT2D eigenvalue weighted by molar-refractivity contribution is -0.120. The van der Waals surface area contributed by atoms with Crippen LogP contribution in [0.25, 0.3) is 5.57 Å². The second-order valence-electron chi connectivity index (χ2n) is 6.48. The molecule has 0 spiro atoms. The van der Waals surface area contributed by atoms with E-state index in [1.54, 1.807) is 0 Å². The van der Waals surface area contributed by atoms with Gasteiger partial charge in [0.15, 0.2) is 0 Å². The Morgan fingerprint density at radius 1 is 1.23 bits per heavy atom. The number of hydrogen-bond acceptors (Lipinski definition) is 1. The number of hydrogen-bond donors (Lipinski definition) is 1. The van der Waals surface area contributed by atoms with Crippen LogP contribution in [0.5, 0.6) is 0 Å². The van der Waals surface area contributed by atoms with Gasteiger partial charge in [0.05, 0.1) is 5.69 Å². The van der Waals surface area contributed by atoms with Gasteiger partial charge in [0.25, 0.3) is 0 Å². The van der Waals surface area contributed by atoms with Crippen LogP contribution in [-0.4, -0.2) is 5.91 Å². The van der Waals surface area contributed by atoms with Crippen LogP contribution in [0.1, 0.15) is 57.9 Å². The molecule has 2 aliphatic carbocycles. The third-order valence-corrected chi connectivity index (χ3v) is 5.06. The van der Waals surface area contributed by atoms with E-state index in [1.165, 1.54) is 36.0 Å². The van der Waals surface area contributed by atoms with Crippen LogP contribution < -0.4 is 5.32 Å². The van der Waals surface area contributed by atoms with E-state index in [1.807, 2.05) is 12.1 Å². The van der Waals surface area contributed by atoms with Gasteiger partial charge in [-0.25, -0.2) is 0 Å². The number of anilines is 1. The maximum Gasteiger partial charge on any atom is 0.227 e. The summed E-state index contributed by atoms with van der Waals surface area (Å²) in [5, 5.41) is 3.14. The fraction of sp³-hybridized carbons (Fsp3) is 0.450. The van der Waals surface area contributed by atoms with Crippen molar-refractivity contribution in [3.63, 3.8) is 0 Å². The standard InChI is InChI=1S/C20H24NO/c1-14-12-13-17(15(14)2)18-10-6-7-11-19(18)21-20(22)16-8-4-3-5-9-16/h6-7,10,12,16H,3-5,8-9,13H2,1-2H3,(H,21,22). The Kier molecular flexibility index (Phi) is 4.47. The van der Waals surface area contributed by atoms with Crippen molar-refractivity contribution < 1.29 is 4.79 Å². The van der Waals surface area contributed by atoms with Gasteiger partial charge >= 0.3 is 0 Å². The molecule has 1 N–H and O–H groups in total. The molecule has 115 valence electrons. The number of benzene rings is 1. The third kappa shape index (κ3) is 3.01. The quantitative estimate of drug-likeness (QED) is 0.822. The zero-order valence-electron chi connectivity index (χ0n) is 13.5. The smallest absolute Gasteiger partial charge is 0.227 e. The Morgan fingerprint density at radius 3 is 2.68 bits per heavy atom. The Morgan fingerprint density at radius 2 is 2.00 bits per heavy atom. The second kappa shape index (κ2) is 6.51. The highest BCUT2D eigenvalue weighted by molar-refractivity contribution is 5.96. The molecule has 2 nitrogen and oxygen atoms in total. The average molecular weight is 294 g/mol. The SMILES string of the molecule is CC1=CCC(c2ccc[c]c2NC(=O)C2CCCCC2)=C1C. The first-order valence-electron chi connectivity index (χ1n) is 8.35. The van der Waals surface area contributed by atoms with E-state index in [0.717, 1.165) is 30.5 Å². The first-order valence-corrected chi connectivity index (χ1v) is 8.35. The third-order valence-electron chi connectivity index (χ3n) is 5.06. The van der Waals surface area contributed by atoms with E-state index >= 15 is 0 Å². The molecular formula is C20H24NO. The van der Waals surface area contributed by atoms with E-state index < -0.39 is 0 Å². The van der Waals surface area contributed by atoms with E-state index in [4.69, 9.17) is 0 Å². The predicted molar refractivity (Wildman–Crippen MR) is 91.5 cm³/mol. The van der Waals surface area contributed by atoms with Gasteiger partial charge in [-0.15, -0.1) is 0 Å². The van der Waals surface area contributed by atoms with Crippen LogP contribution in [0.2, 0.25) is 0 Å². The lowest BCUT2D eigenvalue weighted by atomic mass is 9.88. The molecule has 0 unspecified atom stereocenters. The number of para-hydroxylation sites is 1. The van der Waals surface area contributed by atoms with Gasteiger partial charge < -0.3 is 5.32 Å². The summed E-state index contributed by atoms with van der Waals surface area (Å²) in [6.07, 6.45) is 8.87. The lowest BCUT2D eigenvalue weighted by Crippen LogP contribution is -2.25. The predicted octanol–water partition coefficient (Wildman–Crippen LogP) is 5.13. The van der Waals surface area contributed by atoms with Crippen LogP contribution in [0.4, 0.5) is 5.69 Å². The van der Waals surface area contributed by atoms with Crippen molar-refractivity contribution in [3.8, 4) is 0 Å². The van der Waals surface area contributed by atoms with Crippen molar-refractivity contribution in [2.45, 2.75) is 52.4 Å². The summed E-state index contributed by atoms with van der Waals surface area (Å²) in [7, 11) is 0. The lowest BCUT2D eigenvalue weighted by Gasteiger charge is -2.22. The average Bonchev–Trinajstić information content (AvgIpc) is 2.88. The molecule has 1 amide bonds. The van der Waals surface area contributed by atoms with Crippen molar-refractivity contribution in [3.05, 3.63) is 47.1 Å². The fourth-order valence-electron chi connectivity index (χ4n) is 3.49. The molecule has 22 heavy (non-hydrogen) atoms. The summed E-state index contributed by atoms with van der Waals surface area (Å²) < 4.78 is 0. The monoisotopic (exact) mass is 294 g/mol. The number of rotatable bonds is 3. The maximum absolute atomic E-state index is 12.5. The summed E-state index contributed by atoms with van der Waals surface area (Å²) in [6, 6.07) is 9.21. The highest BCUT2D eigenvalue weighted by Crippen LogP contribution is 2.36. The number of allylic oxidation sites excluding steroid dienone is 4. The minimum Gasteiger partial charge on any atom is -0.325 e. The van der Waals surface area contributed by atoms with Crippen LogP contribution in [-0.2, 0) is 4.79 Å². The minimum atomic E-state index is 0.171. The van der Waals surface area contributed by atoms with Crippen molar-refractivity contribution in [2.75, 3.05) is 5.32 Å². The largest absolute Gasteiger partial charge is 0.325 e. The second-order valence-corrected chi connectivity index (χ2v) is 6.48. The summed E-state index contributed by atoms with van der Waals surface area (Å²) in [5.41, 5.74) is 5.94. The number of amides is 1. The van der Waals surface area contributed by atoms with Crippen molar-refractivity contribution >= 4 is 17.2 Å². The topological polar surface area (TPSA) is 29.1 Å². The molecule has 1 saturated carbocycles. The highest BCUT2D eigenvalue weighted by atomic mass is 16.1. The van der Waals surface area contributed by atoms with Crippen molar-refractivity contribution in [1.82, 2.24) is 0 Å². The van der Waals surface area contributed by atoms with E-state index in [0.29, 0.717) is 0 Å². The van der Waals surface area contributed by atoms with Gasteiger partial charge in [-0.2, -0.15) is 0 Å². The molecule has 0 atom stereocenters. The molecule has 0 bridgehead atoms. The molecule has 3 rings (SSSR count). The molecule has 1 radical (unpaired) electrons. The molecule has 0 aliphatic heterocycles. The summed E-state index contributed by atoms with van der Waals surface area (Å²) in [6.45, 7) is 4.31. The van der Waals surface area contributed by atoms with Gasteiger partial charge in [-0.3, -0.25) is 4.79 Å². The van der Waals surface area contributed by atoms with Crippen LogP contribution in [0, 0.1) is 12.0 Å². The number of nitrogens with one attached hydrogen (secondary N) is 1. The van der Waals surface area contributed by atoms with Crippen molar-refractivity contribution in [2.24, 2.45) is 5.92 Å². The van der Waals surface area contributed by atoms with E-state index in [9.17, 15) is 4.79 Å². The highest BCUT2D eigenvalue weighted by Gasteiger charge is 2.23. The van der Waals surface area contributed by atoms with E-state index in [-0.39, 0.29) is 11.8 Å². The summed E-state index contributed by atoms with van der Waals surface area (Å²) in [5.74, 6) is 0.345. The number of carbonyl (C=O) groups excluding carboxylic acids is 1. The normalized spacial score (nSPS) is 19.3. The first-order chi connectivity index (χ1) is 10.7. The molecule has 1 aromatic rings. The first kappa shape index (κ1) is 15.1. The Labute approximate surface area is 133 Å². The zero-order valence-corrected chi connectivity index (χ0v) is 13.5. The van der Waals surface area contributed by atoms with E-state index in [2.05, 4.69) is 37.4 Å². The molecule has 1 fully saturated rings. The molecule has 0 aromatic heterocycles. The van der Waals surface area contributed by atoms with Gasteiger partial charge in [-0.1, -0.05) is 49.1 Å². The molecule has 0 saturated heterocycles. The molecular weight excluding hydrogens is 270 g/mol. The summed E-state index contributed by atoms with van der Waals surface area (Å²) >= 11 is 0. The van der Waals surface area contributed by atoms with Crippen LogP contribution in [0.15, 0.2) is 35.4 Å². The van der Waals surface area contributed by atoms with Crippen LogP contribution >= 0.6 is 0 Å². The molecule has 2 heteroatoms. The molecule has 0 heterocycles. The van der Waals surface area contributed by atoms with Gasteiger partial charge in [0.2, 0.25) is 5.91 Å². The minimum absolute atomic E-state index is 0.171. The Bertz CT molecular complexity index is 633. The number of carbonyl (C=O) groups is 1.